The Kier molecular flexibility index (Phi) is 4.19. The summed E-state index contributed by atoms with van der Waals surface area (Å²) in [6.07, 6.45) is 5.87. The number of halogens is 1. The molecule has 0 unspecified atom stereocenters. The van der Waals surface area contributed by atoms with Gasteiger partial charge in [0.2, 0.25) is 0 Å². The molecule has 0 bridgehead atoms. The van der Waals surface area contributed by atoms with Crippen LogP contribution in [0, 0.1) is 5.92 Å². The second-order valence-electron chi connectivity index (χ2n) is 5.38. The third-order valence-electron chi connectivity index (χ3n) is 4.01. The average molecular weight is 295 g/mol. The predicted molar refractivity (Wildman–Crippen MR) is 78.8 cm³/mol. The van der Waals surface area contributed by atoms with Gasteiger partial charge >= 0.3 is 0 Å². The van der Waals surface area contributed by atoms with Crippen molar-refractivity contribution in [3.8, 4) is 0 Å². The van der Waals surface area contributed by atoms with Crippen molar-refractivity contribution in [2.24, 2.45) is 5.92 Å². The third-order valence-corrected chi connectivity index (χ3v) is 4.30. The van der Waals surface area contributed by atoms with Crippen LogP contribution in [-0.4, -0.2) is 46.7 Å². The molecule has 1 N–H and O–H groups in total. The number of hydrogen-bond acceptors (Lipinski definition) is 4. The summed E-state index contributed by atoms with van der Waals surface area (Å²) in [5.74, 6) is 0.700. The van der Waals surface area contributed by atoms with Crippen molar-refractivity contribution >= 4 is 22.6 Å². The van der Waals surface area contributed by atoms with E-state index in [1.165, 1.54) is 24.7 Å². The van der Waals surface area contributed by atoms with Crippen LogP contribution in [0.2, 0.25) is 5.15 Å². The van der Waals surface area contributed by atoms with Crippen LogP contribution in [0.1, 0.15) is 18.4 Å². The van der Waals surface area contributed by atoms with Gasteiger partial charge in [-0.25, -0.2) is 9.97 Å². The van der Waals surface area contributed by atoms with Crippen molar-refractivity contribution in [1.29, 1.82) is 0 Å². The van der Waals surface area contributed by atoms with Crippen molar-refractivity contribution in [1.82, 2.24) is 19.9 Å². The van der Waals surface area contributed by atoms with E-state index in [0.29, 0.717) is 11.1 Å². The maximum absolute atomic E-state index is 6.18. The molecule has 0 saturated carbocycles. The van der Waals surface area contributed by atoms with E-state index in [2.05, 4.69) is 19.9 Å². The van der Waals surface area contributed by atoms with E-state index in [4.69, 9.17) is 16.3 Å². The smallest absolute Gasteiger partial charge is 0.142 e. The zero-order valence-electron chi connectivity index (χ0n) is 11.6. The maximum atomic E-state index is 6.18. The normalized spacial score (nSPS) is 17.9. The molecule has 3 heterocycles. The Morgan fingerprint density at radius 2 is 2.20 bits per heavy atom. The first-order valence-corrected chi connectivity index (χ1v) is 7.33. The van der Waals surface area contributed by atoms with Crippen LogP contribution in [-0.2, 0) is 11.3 Å². The molecule has 2 aromatic rings. The molecule has 5 nitrogen and oxygen atoms in total. The Balaban J connectivity index is 1.69. The topological polar surface area (TPSA) is 54.0 Å². The molecule has 1 saturated heterocycles. The van der Waals surface area contributed by atoms with Crippen LogP contribution in [0.4, 0.5) is 0 Å². The quantitative estimate of drug-likeness (QED) is 0.880. The first-order valence-electron chi connectivity index (χ1n) is 6.95. The molecule has 1 aliphatic rings. The fourth-order valence-corrected chi connectivity index (χ4v) is 3.15. The van der Waals surface area contributed by atoms with Crippen LogP contribution in [0.25, 0.3) is 11.0 Å². The standard InChI is InChI=1S/C14H19ClN4O/c1-20-8-10-2-4-19(5-3-10)7-11-6-16-14-12(11)13(15)17-9-18-14/h6,9-10H,2-5,7-8H2,1H3,(H,16,17,18). The fraction of sp³-hybridized carbons (Fsp3) is 0.571. The molecular formula is C14H19ClN4O. The minimum Gasteiger partial charge on any atom is -0.384 e. The molecule has 6 heteroatoms. The number of H-pyrrole nitrogens is 1. The molecule has 1 fully saturated rings. The number of likely N-dealkylation sites (tertiary alicyclic amines) is 1. The highest BCUT2D eigenvalue weighted by Gasteiger charge is 2.20. The van der Waals surface area contributed by atoms with E-state index in [1.54, 1.807) is 7.11 Å². The first kappa shape index (κ1) is 13.8. The summed E-state index contributed by atoms with van der Waals surface area (Å²) >= 11 is 6.18. The molecule has 20 heavy (non-hydrogen) atoms. The van der Waals surface area contributed by atoms with E-state index in [-0.39, 0.29) is 0 Å². The molecule has 2 aromatic heterocycles. The highest BCUT2D eigenvalue weighted by molar-refractivity contribution is 6.34. The minimum absolute atomic E-state index is 0.528. The number of hydrogen-bond donors (Lipinski definition) is 1. The Labute approximate surface area is 123 Å². The highest BCUT2D eigenvalue weighted by atomic mass is 35.5. The molecule has 0 atom stereocenters. The van der Waals surface area contributed by atoms with Crippen molar-refractivity contribution in [3.63, 3.8) is 0 Å². The monoisotopic (exact) mass is 294 g/mol. The summed E-state index contributed by atoms with van der Waals surface area (Å²) in [6, 6.07) is 0. The number of aromatic amines is 1. The van der Waals surface area contributed by atoms with Crippen LogP contribution in [0.15, 0.2) is 12.5 Å². The van der Waals surface area contributed by atoms with Crippen molar-refractivity contribution in [2.75, 3.05) is 26.8 Å². The lowest BCUT2D eigenvalue weighted by Crippen LogP contribution is -2.34. The van der Waals surface area contributed by atoms with E-state index < -0.39 is 0 Å². The molecular weight excluding hydrogens is 276 g/mol. The van der Waals surface area contributed by atoms with Gasteiger partial charge in [-0.3, -0.25) is 4.90 Å². The van der Waals surface area contributed by atoms with Crippen molar-refractivity contribution in [3.05, 3.63) is 23.2 Å². The lowest BCUT2D eigenvalue weighted by molar-refractivity contribution is 0.0970. The number of piperidine rings is 1. The molecule has 1 aliphatic heterocycles. The number of aromatic nitrogens is 3. The van der Waals surface area contributed by atoms with Gasteiger partial charge in [0.05, 0.1) is 5.39 Å². The molecule has 0 aromatic carbocycles. The van der Waals surface area contributed by atoms with Crippen LogP contribution >= 0.6 is 11.6 Å². The summed E-state index contributed by atoms with van der Waals surface area (Å²) in [6.45, 7) is 3.98. The number of fused-ring (bicyclic) bond motifs is 1. The van der Waals surface area contributed by atoms with Gasteiger partial charge in [-0.05, 0) is 37.4 Å². The van der Waals surface area contributed by atoms with E-state index >= 15 is 0 Å². The number of ether oxygens (including phenoxy) is 1. The summed E-state index contributed by atoms with van der Waals surface area (Å²) in [5.41, 5.74) is 1.99. The van der Waals surface area contributed by atoms with Gasteiger partial charge in [-0.1, -0.05) is 11.6 Å². The lowest BCUT2D eigenvalue weighted by atomic mass is 9.97. The Morgan fingerprint density at radius 3 is 2.95 bits per heavy atom. The SMILES string of the molecule is COCC1CCN(Cc2c[nH]c3ncnc(Cl)c23)CC1. The van der Waals surface area contributed by atoms with Crippen LogP contribution in [0.3, 0.4) is 0 Å². The third kappa shape index (κ3) is 2.80. The summed E-state index contributed by atoms with van der Waals surface area (Å²) < 4.78 is 5.24. The number of nitrogens with one attached hydrogen (secondary N) is 1. The highest BCUT2D eigenvalue weighted by Crippen LogP contribution is 2.26. The summed E-state index contributed by atoms with van der Waals surface area (Å²) in [5, 5.41) is 1.48. The first-order chi connectivity index (χ1) is 9.78. The lowest BCUT2D eigenvalue weighted by Gasteiger charge is -2.31. The second-order valence-corrected chi connectivity index (χ2v) is 5.73. The molecule has 3 rings (SSSR count). The van der Waals surface area contributed by atoms with Gasteiger partial charge in [0.15, 0.2) is 0 Å². The summed E-state index contributed by atoms with van der Waals surface area (Å²) in [7, 11) is 1.78. The van der Waals surface area contributed by atoms with Gasteiger partial charge in [0, 0.05) is 26.5 Å². The molecule has 0 spiro atoms. The molecule has 108 valence electrons. The second kappa shape index (κ2) is 6.08. The molecule has 0 radical (unpaired) electrons. The fourth-order valence-electron chi connectivity index (χ4n) is 2.90. The van der Waals surface area contributed by atoms with Gasteiger partial charge < -0.3 is 9.72 Å². The Hall–Kier alpha value is -1.17. The number of nitrogens with zero attached hydrogens (tertiary/aromatic N) is 3. The minimum atomic E-state index is 0.528. The van der Waals surface area contributed by atoms with Crippen LogP contribution < -0.4 is 0 Å². The predicted octanol–water partition coefficient (Wildman–Crippen LogP) is 2.47. The Bertz CT molecular complexity index is 578. The largest absolute Gasteiger partial charge is 0.384 e. The molecule has 0 aliphatic carbocycles. The van der Waals surface area contributed by atoms with Gasteiger partial charge in [-0.15, -0.1) is 0 Å². The van der Waals surface area contributed by atoms with Gasteiger partial charge in [0.1, 0.15) is 17.1 Å². The van der Waals surface area contributed by atoms with E-state index in [1.807, 2.05) is 6.20 Å². The van der Waals surface area contributed by atoms with Crippen molar-refractivity contribution in [2.45, 2.75) is 19.4 Å². The zero-order valence-corrected chi connectivity index (χ0v) is 12.4. The maximum Gasteiger partial charge on any atom is 0.142 e. The zero-order chi connectivity index (χ0) is 13.9. The van der Waals surface area contributed by atoms with E-state index in [0.717, 1.165) is 37.3 Å². The average Bonchev–Trinajstić information content (AvgIpc) is 2.86. The van der Waals surface area contributed by atoms with Gasteiger partial charge in [0.25, 0.3) is 0 Å². The van der Waals surface area contributed by atoms with Crippen LogP contribution in [0.5, 0.6) is 0 Å². The molecule has 0 amide bonds. The Morgan fingerprint density at radius 1 is 1.40 bits per heavy atom. The summed E-state index contributed by atoms with van der Waals surface area (Å²) in [4.78, 5) is 13.9. The van der Waals surface area contributed by atoms with Crippen molar-refractivity contribution < 1.29 is 4.74 Å². The number of methoxy groups -OCH3 is 1. The van der Waals surface area contributed by atoms with Gasteiger partial charge in [-0.2, -0.15) is 0 Å². The number of rotatable bonds is 4. The van der Waals surface area contributed by atoms with E-state index in [9.17, 15) is 0 Å².